The van der Waals surface area contributed by atoms with Gasteiger partial charge in [0.25, 0.3) is 10.0 Å². The van der Waals surface area contributed by atoms with Crippen LogP contribution in [0, 0.1) is 5.82 Å². The van der Waals surface area contributed by atoms with Gasteiger partial charge in [0.15, 0.2) is 0 Å². The number of nitrogens with one attached hydrogen (secondary N) is 1. The fourth-order valence-electron chi connectivity index (χ4n) is 1.25. The van der Waals surface area contributed by atoms with E-state index in [1.54, 1.807) is 0 Å². The summed E-state index contributed by atoms with van der Waals surface area (Å²) in [5.41, 5.74) is 5.48. The quantitative estimate of drug-likeness (QED) is 0.803. The van der Waals surface area contributed by atoms with E-state index in [1.807, 2.05) is 0 Å². The van der Waals surface area contributed by atoms with Gasteiger partial charge in [0.05, 0.1) is 0 Å². The fourth-order valence-corrected chi connectivity index (χ4v) is 3.14. The number of hydrazine groups is 1. The van der Waals surface area contributed by atoms with Crippen LogP contribution in [0.4, 0.5) is 4.39 Å². The monoisotopic (exact) mass is 325 g/mol. The van der Waals surface area contributed by atoms with E-state index in [4.69, 9.17) is 5.73 Å². The average Bonchev–Trinajstić information content (AvgIpc) is 2.18. The topological polar surface area (TPSA) is 75.4 Å². The molecule has 0 atom stereocenters. The maximum atomic E-state index is 13.9. The van der Waals surface area contributed by atoms with E-state index in [1.165, 1.54) is 31.2 Å². The van der Waals surface area contributed by atoms with Crippen molar-refractivity contribution < 1.29 is 12.8 Å². The van der Waals surface area contributed by atoms with Gasteiger partial charge in [0, 0.05) is 30.7 Å². The molecule has 0 amide bonds. The van der Waals surface area contributed by atoms with E-state index in [0.29, 0.717) is 4.47 Å². The molecule has 1 aromatic rings. The van der Waals surface area contributed by atoms with Gasteiger partial charge in [-0.15, -0.1) is 4.83 Å². The van der Waals surface area contributed by atoms with E-state index in [-0.39, 0.29) is 12.1 Å². The third-order valence-electron chi connectivity index (χ3n) is 1.89. The molecule has 0 aliphatic rings. The predicted molar refractivity (Wildman–Crippen MR) is 66.0 cm³/mol. The third-order valence-corrected chi connectivity index (χ3v) is 3.83. The summed E-state index contributed by atoms with van der Waals surface area (Å²) >= 11 is 3.12. The molecule has 5 nitrogen and oxygen atoms in total. The number of sulfonamides is 1. The van der Waals surface area contributed by atoms with Crippen molar-refractivity contribution in [3.05, 3.63) is 28.0 Å². The minimum atomic E-state index is -3.93. The Labute approximate surface area is 108 Å². The summed E-state index contributed by atoms with van der Waals surface area (Å²) in [4.78, 5) is 1.73. The van der Waals surface area contributed by atoms with Crippen LogP contribution in [0.25, 0.3) is 0 Å². The van der Waals surface area contributed by atoms with E-state index in [0.717, 1.165) is 0 Å². The average molecular weight is 326 g/mol. The molecule has 0 heterocycles. The second kappa shape index (κ2) is 5.40. The Morgan fingerprint density at radius 3 is 2.53 bits per heavy atom. The van der Waals surface area contributed by atoms with Crippen LogP contribution in [0.15, 0.2) is 21.5 Å². The molecule has 0 radical (unpaired) electrons. The first kappa shape index (κ1) is 14.5. The van der Waals surface area contributed by atoms with E-state index < -0.39 is 20.7 Å². The van der Waals surface area contributed by atoms with Gasteiger partial charge in [-0.3, -0.25) is 0 Å². The first-order valence-corrected chi connectivity index (χ1v) is 6.93. The number of nitrogens with two attached hydrogens (primary N) is 1. The van der Waals surface area contributed by atoms with Crippen LogP contribution in [0.3, 0.4) is 0 Å². The second-order valence-electron chi connectivity index (χ2n) is 3.57. The van der Waals surface area contributed by atoms with Crippen molar-refractivity contribution in [2.45, 2.75) is 11.4 Å². The lowest BCUT2D eigenvalue weighted by molar-refractivity contribution is 0.362. The molecule has 3 N–H and O–H groups in total. The van der Waals surface area contributed by atoms with Crippen LogP contribution in [-0.2, 0) is 16.6 Å². The Bertz CT molecular complexity index is 519. The van der Waals surface area contributed by atoms with Gasteiger partial charge in [-0.2, -0.15) is 0 Å². The summed E-state index contributed by atoms with van der Waals surface area (Å²) in [6.45, 7) is -0.0737. The van der Waals surface area contributed by atoms with Crippen LogP contribution >= 0.6 is 15.9 Å². The van der Waals surface area contributed by atoms with Gasteiger partial charge in [-0.1, -0.05) is 15.9 Å². The van der Waals surface area contributed by atoms with Crippen LogP contribution < -0.4 is 10.6 Å². The number of hydrogen-bond donors (Lipinski definition) is 2. The molecule has 1 aromatic carbocycles. The molecular weight excluding hydrogens is 313 g/mol. The number of halogens is 2. The Morgan fingerprint density at radius 1 is 1.47 bits per heavy atom. The summed E-state index contributed by atoms with van der Waals surface area (Å²) in [5, 5.41) is 1.22. The highest BCUT2D eigenvalue weighted by atomic mass is 79.9. The minimum Gasteiger partial charge on any atom is -0.326 e. The van der Waals surface area contributed by atoms with Crippen molar-refractivity contribution in [1.29, 1.82) is 0 Å². The van der Waals surface area contributed by atoms with Crippen molar-refractivity contribution in [2.75, 3.05) is 14.1 Å². The van der Waals surface area contributed by atoms with Gasteiger partial charge in [-0.05, 0) is 12.1 Å². The molecule has 0 unspecified atom stereocenters. The highest BCUT2D eigenvalue weighted by Crippen LogP contribution is 2.23. The lowest BCUT2D eigenvalue weighted by Gasteiger charge is -2.14. The first-order valence-electron chi connectivity index (χ1n) is 4.65. The number of hydrogen-bond acceptors (Lipinski definition) is 4. The molecule has 0 aliphatic heterocycles. The number of rotatable bonds is 4. The Morgan fingerprint density at radius 2 is 2.06 bits per heavy atom. The van der Waals surface area contributed by atoms with Gasteiger partial charge in [-0.25, -0.2) is 17.8 Å². The SMILES string of the molecule is CN(C)NS(=O)(=O)c1cc(Br)cc(CN)c1F. The maximum absolute atomic E-state index is 13.9. The summed E-state index contributed by atoms with van der Waals surface area (Å²) in [6, 6.07) is 2.64. The molecule has 0 saturated carbocycles. The second-order valence-corrected chi connectivity index (χ2v) is 6.12. The highest BCUT2D eigenvalue weighted by Gasteiger charge is 2.22. The molecule has 0 fully saturated rings. The molecular formula is C9H13BrFN3O2S. The maximum Gasteiger partial charge on any atom is 0.256 e. The smallest absolute Gasteiger partial charge is 0.256 e. The van der Waals surface area contributed by atoms with Crippen molar-refractivity contribution in [3.63, 3.8) is 0 Å². The Balaban J connectivity index is 3.36. The zero-order chi connectivity index (χ0) is 13.2. The van der Waals surface area contributed by atoms with Gasteiger partial charge < -0.3 is 5.73 Å². The predicted octanol–water partition coefficient (Wildman–Crippen LogP) is 0.802. The summed E-state index contributed by atoms with van der Waals surface area (Å²) in [6.07, 6.45) is 0. The molecule has 8 heteroatoms. The summed E-state index contributed by atoms with van der Waals surface area (Å²) < 4.78 is 38.0. The van der Waals surface area contributed by atoms with E-state index >= 15 is 0 Å². The molecule has 0 aliphatic carbocycles. The zero-order valence-corrected chi connectivity index (χ0v) is 11.8. The van der Waals surface area contributed by atoms with Gasteiger partial charge >= 0.3 is 0 Å². The van der Waals surface area contributed by atoms with Crippen LogP contribution in [0.1, 0.15) is 5.56 Å². The molecule has 96 valence electrons. The normalized spacial score (nSPS) is 12.1. The van der Waals surface area contributed by atoms with Gasteiger partial charge in [0.1, 0.15) is 10.7 Å². The Kier molecular flexibility index (Phi) is 4.62. The zero-order valence-electron chi connectivity index (χ0n) is 9.37. The number of nitrogens with zero attached hydrogens (tertiary/aromatic N) is 1. The van der Waals surface area contributed by atoms with Crippen LogP contribution in [0.2, 0.25) is 0 Å². The van der Waals surface area contributed by atoms with Crippen molar-refractivity contribution in [3.8, 4) is 0 Å². The summed E-state index contributed by atoms with van der Waals surface area (Å²) in [5.74, 6) is -0.829. The molecule has 0 spiro atoms. The highest BCUT2D eigenvalue weighted by molar-refractivity contribution is 9.10. The van der Waals surface area contributed by atoms with Crippen LogP contribution in [0.5, 0.6) is 0 Å². The molecule has 0 saturated heterocycles. The largest absolute Gasteiger partial charge is 0.326 e. The lowest BCUT2D eigenvalue weighted by Crippen LogP contribution is -2.36. The van der Waals surface area contributed by atoms with Crippen LogP contribution in [-0.4, -0.2) is 27.5 Å². The third kappa shape index (κ3) is 3.46. The van der Waals surface area contributed by atoms with Gasteiger partial charge in [0.2, 0.25) is 0 Å². The van der Waals surface area contributed by atoms with Crippen molar-refractivity contribution in [1.82, 2.24) is 9.84 Å². The van der Waals surface area contributed by atoms with E-state index in [2.05, 4.69) is 20.8 Å². The van der Waals surface area contributed by atoms with Crippen molar-refractivity contribution in [2.24, 2.45) is 5.73 Å². The molecule has 0 aromatic heterocycles. The molecule has 1 rings (SSSR count). The Hall–Kier alpha value is -0.540. The first-order chi connectivity index (χ1) is 7.77. The van der Waals surface area contributed by atoms with E-state index in [9.17, 15) is 12.8 Å². The van der Waals surface area contributed by atoms with Crippen molar-refractivity contribution >= 4 is 26.0 Å². The summed E-state index contributed by atoms with van der Waals surface area (Å²) in [7, 11) is -0.935. The lowest BCUT2D eigenvalue weighted by atomic mass is 10.2. The fraction of sp³-hybridized carbons (Fsp3) is 0.333. The number of benzene rings is 1. The standard InChI is InChI=1S/C9H13BrFN3O2S/c1-14(2)13-17(15,16)8-4-7(10)3-6(5-12)9(8)11/h3-4,13H,5,12H2,1-2H3. The molecule has 0 bridgehead atoms. The minimum absolute atomic E-state index is 0.0737. The molecule has 17 heavy (non-hydrogen) atoms.